The predicted octanol–water partition coefficient (Wildman–Crippen LogP) is 3.76. The standard InChI is InChI=1S/C22H23N3O7S/c1-12(26)29-11-18-20(30-13(2)27)19(24-25-23)21(31-14(3)28)22(32-18)33-17-9-8-15-6-4-5-7-16(15)10-17/h4-10,18-22H,11H2,1-3H3/t18?,19?,20-,21?,22+/m0/s1. The number of ether oxygens (including phenoxy) is 4. The minimum atomic E-state index is -1.13. The Hall–Kier alpha value is -3.27. The Labute approximate surface area is 194 Å². The number of thioether (sulfide) groups is 1. The van der Waals surface area contributed by atoms with Gasteiger partial charge in [-0.1, -0.05) is 47.2 Å². The lowest BCUT2D eigenvalue weighted by molar-refractivity contribution is -0.201. The molecule has 0 aliphatic carbocycles. The van der Waals surface area contributed by atoms with Crippen LogP contribution >= 0.6 is 11.8 Å². The second-order valence-corrected chi connectivity index (χ2v) is 8.49. The SMILES string of the molecule is CC(=O)OCC1O[C@H](Sc2ccc3ccccc3c2)C(OC(C)=O)C(N=[N+]=[N-])[C@H]1OC(C)=O. The van der Waals surface area contributed by atoms with Crippen molar-refractivity contribution in [1.29, 1.82) is 0 Å². The van der Waals surface area contributed by atoms with Crippen LogP contribution in [0.15, 0.2) is 52.5 Å². The van der Waals surface area contributed by atoms with Crippen molar-refractivity contribution in [1.82, 2.24) is 0 Å². The van der Waals surface area contributed by atoms with Crippen LogP contribution in [0.5, 0.6) is 0 Å². The summed E-state index contributed by atoms with van der Waals surface area (Å²) < 4.78 is 22.0. The van der Waals surface area contributed by atoms with E-state index in [-0.39, 0.29) is 6.61 Å². The Balaban J connectivity index is 1.98. The fraction of sp³-hybridized carbons (Fsp3) is 0.409. The highest BCUT2D eigenvalue weighted by Crippen LogP contribution is 2.38. The van der Waals surface area contributed by atoms with Gasteiger partial charge >= 0.3 is 17.9 Å². The Kier molecular flexibility index (Phi) is 8.16. The third-order valence-corrected chi connectivity index (χ3v) is 5.97. The number of nitrogens with zero attached hydrogens (tertiary/aromatic N) is 3. The number of rotatable bonds is 7. The van der Waals surface area contributed by atoms with Gasteiger partial charge in [0.15, 0.2) is 0 Å². The lowest BCUT2D eigenvalue weighted by Gasteiger charge is -2.43. The number of hydrogen-bond donors (Lipinski definition) is 0. The van der Waals surface area contributed by atoms with Crippen LogP contribution in [-0.4, -0.2) is 54.3 Å². The summed E-state index contributed by atoms with van der Waals surface area (Å²) in [7, 11) is 0. The van der Waals surface area contributed by atoms with Gasteiger partial charge < -0.3 is 18.9 Å². The minimum Gasteiger partial charge on any atom is -0.463 e. The van der Waals surface area contributed by atoms with E-state index in [0.717, 1.165) is 15.7 Å². The molecule has 0 bridgehead atoms. The van der Waals surface area contributed by atoms with Gasteiger partial charge in [0.1, 0.15) is 36.4 Å². The second-order valence-electron chi connectivity index (χ2n) is 7.32. The Morgan fingerprint density at radius 3 is 2.30 bits per heavy atom. The molecule has 1 saturated heterocycles. The first-order valence-corrected chi connectivity index (χ1v) is 11.0. The molecule has 2 aromatic rings. The Bertz CT molecular complexity index is 1090. The summed E-state index contributed by atoms with van der Waals surface area (Å²) in [5.41, 5.74) is 8.33. The van der Waals surface area contributed by atoms with Crippen molar-refractivity contribution in [2.24, 2.45) is 5.11 Å². The summed E-state index contributed by atoms with van der Waals surface area (Å²) in [6.07, 6.45) is -3.14. The van der Waals surface area contributed by atoms with Crippen molar-refractivity contribution in [2.75, 3.05) is 6.61 Å². The van der Waals surface area contributed by atoms with Crippen LogP contribution < -0.4 is 0 Å². The summed E-state index contributed by atoms with van der Waals surface area (Å²) in [5.74, 6) is -1.83. The highest BCUT2D eigenvalue weighted by molar-refractivity contribution is 7.99. The van der Waals surface area contributed by atoms with Crippen molar-refractivity contribution in [3.8, 4) is 0 Å². The highest BCUT2D eigenvalue weighted by atomic mass is 32.2. The molecule has 0 saturated carbocycles. The predicted molar refractivity (Wildman–Crippen MR) is 119 cm³/mol. The minimum absolute atomic E-state index is 0.244. The molecule has 10 nitrogen and oxygen atoms in total. The maximum Gasteiger partial charge on any atom is 0.303 e. The first kappa shape index (κ1) is 24.4. The molecule has 33 heavy (non-hydrogen) atoms. The molecule has 5 atom stereocenters. The summed E-state index contributed by atoms with van der Waals surface area (Å²) in [6, 6.07) is 12.5. The van der Waals surface area contributed by atoms with Crippen molar-refractivity contribution in [2.45, 2.75) is 55.5 Å². The number of carbonyl (C=O) groups is 3. The molecule has 0 amide bonds. The molecule has 1 heterocycles. The van der Waals surface area contributed by atoms with Crippen molar-refractivity contribution < 1.29 is 33.3 Å². The van der Waals surface area contributed by atoms with E-state index < -0.39 is 47.7 Å². The summed E-state index contributed by atoms with van der Waals surface area (Å²) in [4.78, 5) is 38.7. The average Bonchev–Trinajstić information content (AvgIpc) is 2.75. The van der Waals surface area contributed by atoms with E-state index in [2.05, 4.69) is 10.0 Å². The van der Waals surface area contributed by atoms with Crippen molar-refractivity contribution in [3.63, 3.8) is 0 Å². The smallest absolute Gasteiger partial charge is 0.303 e. The van der Waals surface area contributed by atoms with E-state index in [0.29, 0.717) is 0 Å². The Morgan fingerprint density at radius 2 is 1.67 bits per heavy atom. The van der Waals surface area contributed by atoms with Gasteiger partial charge in [-0.05, 0) is 28.4 Å². The van der Waals surface area contributed by atoms with Gasteiger partial charge in [-0.15, -0.1) is 0 Å². The number of azide groups is 1. The topological polar surface area (TPSA) is 137 Å². The van der Waals surface area contributed by atoms with E-state index in [1.807, 2.05) is 42.5 Å². The molecule has 0 spiro atoms. The van der Waals surface area contributed by atoms with Gasteiger partial charge in [0, 0.05) is 30.6 Å². The van der Waals surface area contributed by atoms with E-state index in [4.69, 9.17) is 24.5 Å². The number of fused-ring (bicyclic) bond motifs is 1. The molecule has 0 aromatic heterocycles. The molecule has 1 aliphatic heterocycles. The van der Waals surface area contributed by atoms with Crippen LogP contribution in [0.25, 0.3) is 21.2 Å². The molecule has 174 valence electrons. The van der Waals surface area contributed by atoms with Crippen LogP contribution in [0.2, 0.25) is 0 Å². The third-order valence-electron chi connectivity index (χ3n) is 4.83. The Morgan fingerprint density at radius 1 is 1.00 bits per heavy atom. The van der Waals surface area contributed by atoms with Crippen LogP contribution in [0.1, 0.15) is 20.8 Å². The number of benzene rings is 2. The second kappa shape index (κ2) is 11.0. The maximum atomic E-state index is 11.9. The van der Waals surface area contributed by atoms with Crippen molar-refractivity contribution in [3.05, 3.63) is 52.9 Å². The van der Waals surface area contributed by atoms with Crippen LogP contribution in [0.3, 0.4) is 0 Å². The van der Waals surface area contributed by atoms with Gasteiger partial charge in [0.25, 0.3) is 0 Å². The summed E-state index contributed by atoms with van der Waals surface area (Å²) >= 11 is 1.25. The van der Waals surface area contributed by atoms with Gasteiger partial charge in [-0.3, -0.25) is 14.4 Å². The molecular weight excluding hydrogens is 450 g/mol. The van der Waals surface area contributed by atoms with Gasteiger partial charge in [-0.2, -0.15) is 0 Å². The van der Waals surface area contributed by atoms with E-state index in [9.17, 15) is 14.4 Å². The molecular formula is C22H23N3O7S. The molecule has 3 rings (SSSR count). The monoisotopic (exact) mass is 473 g/mol. The average molecular weight is 474 g/mol. The zero-order valence-corrected chi connectivity index (χ0v) is 19.1. The van der Waals surface area contributed by atoms with Gasteiger partial charge in [0.2, 0.25) is 0 Å². The lowest BCUT2D eigenvalue weighted by Crippen LogP contribution is -2.59. The molecule has 11 heteroatoms. The van der Waals surface area contributed by atoms with Gasteiger partial charge in [0.05, 0.1) is 0 Å². The number of esters is 3. The zero-order chi connectivity index (χ0) is 24.0. The largest absolute Gasteiger partial charge is 0.463 e. The third kappa shape index (κ3) is 6.38. The maximum absolute atomic E-state index is 11.9. The van der Waals surface area contributed by atoms with Crippen LogP contribution in [-0.2, 0) is 33.3 Å². The molecule has 3 unspecified atom stereocenters. The first-order valence-electron chi connectivity index (χ1n) is 10.1. The van der Waals surface area contributed by atoms with Crippen molar-refractivity contribution >= 4 is 40.4 Å². The molecule has 2 aromatic carbocycles. The summed E-state index contributed by atoms with van der Waals surface area (Å²) in [6.45, 7) is 3.40. The zero-order valence-electron chi connectivity index (χ0n) is 18.2. The molecule has 0 N–H and O–H groups in total. The van der Waals surface area contributed by atoms with Crippen LogP contribution in [0, 0.1) is 0 Å². The first-order chi connectivity index (χ1) is 15.8. The number of carbonyl (C=O) groups excluding carboxylic acids is 3. The van der Waals surface area contributed by atoms with Crippen LogP contribution in [0.4, 0.5) is 0 Å². The van der Waals surface area contributed by atoms with E-state index in [1.165, 1.54) is 32.5 Å². The molecule has 1 aliphatic rings. The fourth-order valence-corrected chi connectivity index (χ4v) is 4.70. The van der Waals surface area contributed by atoms with E-state index in [1.54, 1.807) is 0 Å². The quantitative estimate of drug-likeness (QED) is 0.195. The lowest BCUT2D eigenvalue weighted by atomic mass is 9.97. The number of hydrogen-bond acceptors (Lipinski definition) is 9. The van der Waals surface area contributed by atoms with E-state index >= 15 is 0 Å². The summed E-state index contributed by atoms with van der Waals surface area (Å²) in [5, 5.41) is 5.82. The molecule has 1 fully saturated rings. The highest BCUT2D eigenvalue weighted by Gasteiger charge is 2.50. The fourth-order valence-electron chi connectivity index (χ4n) is 3.54. The normalized spacial score (nSPS) is 24.4. The molecule has 0 radical (unpaired) electrons. The van der Waals surface area contributed by atoms with Gasteiger partial charge in [-0.25, -0.2) is 0 Å².